The molecule has 1 N–H and O–H groups in total. The molecule has 1 aromatic heterocycles. The number of aromatic nitrogens is 1. The molecule has 0 unspecified atom stereocenters. The highest BCUT2D eigenvalue weighted by Gasteiger charge is 2.11. The van der Waals surface area contributed by atoms with Crippen LogP contribution < -0.4 is 10.1 Å². The van der Waals surface area contributed by atoms with Gasteiger partial charge in [0, 0.05) is 24.5 Å². The molecule has 1 aromatic carbocycles. The topological polar surface area (TPSA) is 51.2 Å². The lowest BCUT2D eigenvalue weighted by molar-refractivity contribution is -0.115. The van der Waals surface area contributed by atoms with Crippen molar-refractivity contribution in [3.8, 4) is 5.75 Å². The third kappa shape index (κ3) is 5.92. The van der Waals surface area contributed by atoms with Gasteiger partial charge in [-0.2, -0.15) is 0 Å². The smallest absolute Gasteiger partial charge is 0.251 e. The molecule has 0 saturated carbocycles. The fourth-order valence-electron chi connectivity index (χ4n) is 2.51. The summed E-state index contributed by atoms with van der Waals surface area (Å²) in [6, 6.07) is 11.5. The number of benzene rings is 1. The van der Waals surface area contributed by atoms with Crippen LogP contribution in [-0.2, 0) is 11.2 Å². The van der Waals surface area contributed by atoms with E-state index in [1.165, 1.54) is 5.56 Å². The van der Waals surface area contributed by atoms with Gasteiger partial charge in [-0.15, -0.1) is 0 Å². The zero-order valence-corrected chi connectivity index (χ0v) is 14.6. The lowest BCUT2D eigenvalue weighted by Gasteiger charge is -2.10. The van der Waals surface area contributed by atoms with Crippen molar-refractivity contribution in [1.82, 2.24) is 10.3 Å². The first-order valence-corrected chi connectivity index (χ1v) is 8.39. The van der Waals surface area contributed by atoms with E-state index in [9.17, 15) is 4.79 Å². The molecule has 0 radical (unpaired) electrons. The van der Waals surface area contributed by atoms with Gasteiger partial charge in [0.25, 0.3) is 5.91 Å². The van der Waals surface area contributed by atoms with Crippen molar-refractivity contribution in [1.29, 1.82) is 0 Å². The van der Waals surface area contributed by atoms with Crippen LogP contribution >= 0.6 is 0 Å². The SMILES string of the molecule is C=CC=C(C(=O)NCCCCc1cccnc1)c1cccc(OC)c1. The number of unbranched alkanes of at least 4 members (excludes halogenated alkanes) is 1. The molecule has 1 amide bonds. The highest BCUT2D eigenvalue weighted by atomic mass is 16.5. The van der Waals surface area contributed by atoms with Crippen molar-refractivity contribution in [2.24, 2.45) is 0 Å². The largest absolute Gasteiger partial charge is 0.497 e. The summed E-state index contributed by atoms with van der Waals surface area (Å²) in [7, 11) is 1.61. The number of rotatable bonds is 9. The molecular weight excluding hydrogens is 312 g/mol. The third-order valence-corrected chi connectivity index (χ3v) is 3.81. The molecule has 0 bridgehead atoms. The van der Waals surface area contributed by atoms with Crippen LogP contribution in [0.5, 0.6) is 5.75 Å². The zero-order chi connectivity index (χ0) is 17.9. The summed E-state index contributed by atoms with van der Waals surface area (Å²) in [6.07, 6.45) is 9.89. The molecule has 25 heavy (non-hydrogen) atoms. The van der Waals surface area contributed by atoms with Crippen LogP contribution in [0.15, 0.2) is 67.5 Å². The van der Waals surface area contributed by atoms with Gasteiger partial charge in [-0.3, -0.25) is 9.78 Å². The molecule has 0 atom stereocenters. The number of methoxy groups -OCH3 is 1. The number of nitrogens with zero attached hydrogens (tertiary/aromatic N) is 1. The van der Waals surface area contributed by atoms with Crippen LogP contribution in [0.25, 0.3) is 5.57 Å². The average Bonchev–Trinajstić information content (AvgIpc) is 2.66. The molecule has 4 nitrogen and oxygen atoms in total. The van der Waals surface area contributed by atoms with Crippen molar-refractivity contribution >= 4 is 11.5 Å². The summed E-state index contributed by atoms with van der Waals surface area (Å²) in [4.78, 5) is 16.6. The van der Waals surface area contributed by atoms with Crippen molar-refractivity contribution in [2.45, 2.75) is 19.3 Å². The molecular formula is C21H24N2O2. The van der Waals surface area contributed by atoms with Crippen LogP contribution in [0.2, 0.25) is 0 Å². The third-order valence-electron chi connectivity index (χ3n) is 3.81. The first-order chi connectivity index (χ1) is 12.2. The number of ether oxygens (including phenoxy) is 1. The number of pyridine rings is 1. The Morgan fingerprint density at radius 1 is 1.28 bits per heavy atom. The van der Waals surface area contributed by atoms with Crippen LogP contribution in [-0.4, -0.2) is 24.5 Å². The lowest BCUT2D eigenvalue weighted by Crippen LogP contribution is -2.25. The quantitative estimate of drug-likeness (QED) is 0.430. The highest BCUT2D eigenvalue weighted by molar-refractivity contribution is 6.19. The second-order valence-electron chi connectivity index (χ2n) is 5.62. The maximum Gasteiger partial charge on any atom is 0.251 e. The maximum atomic E-state index is 12.5. The van der Waals surface area contributed by atoms with Gasteiger partial charge in [0.2, 0.25) is 0 Å². The number of amides is 1. The molecule has 2 aromatic rings. The molecule has 2 rings (SSSR count). The van der Waals surface area contributed by atoms with E-state index in [4.69, 9.17) is 4.74 Å². The van der Waals surface area contributed by atoms with Crippen LogP contribution in [0.1, 0.15) is 24.0 Å². The minimum absolute atomic E-state index is 0.102. The Labute approximate surface area is 149 Å². The first kappa shape index (κ1) is 18.5. The van der Waals surface area contributed by atoms with Gasteiger partial charge in [0.15, 0.2) is 0 Å². The Balaban J connectivity index is 1.86. The van der Waals surface area contributed by atoms with E-state index in [2.05, 4.69) is 22.9 Å². The van der Waals surface area contributed by atoms with Crippen LogP contribution in [0, 0.1) is 0 Å². The Hall–Kier alpha value is -2.88. The van der Waals surface area contributed by atoms with Gasteiger partial charge < -0.3 is 10.1 Å². The normalized spacial score (nSPS) is 11.0. The summed E-state index contributed by atoms with van der Waals surface area (Å²) >= 11 is 0. The number of carbonyl (C=O) groups is 1. The molecule has 0 aliphatic heterocycles. The summed E-state index contributed by atoms with van der Waals surface area (Å²) in [6.45, 7) is 4.34. The minimum atomic E-state index is -0.102. The van der Waals surface area contributed by atoms with Gasteiger partial charge in [-0.25, -0.2) is 0 Å². The van der Waals surface area contributed by atoms with E-state index in [0.717, 1.165) is 30.6 Å². The second kappa shape index (κ2) is 10.1. The number of allylic oxidation sites excluding steroid dienone is 2. The summed E-state index contributed by atoms with van der Waals surface area (Å²) in [5.74, 6) is 0.617. The van der Waals surface area contributed by atoms with E-state index in [1.54, 1.807) is 25.5 Å². The highest BCUT2D eigenvalue weighted by Crippen LogP contribution is 2.20. The minimum Gasteiger partial charge on any atom is -0.497 e. The van der Waals surface area contributed by atoms with Gasteiger partial charge >= 0.3 is 0 Å². The van der Waals surface area contributed by atoms with Gasteiger partial charge in [-0.1, -0.05) is 30.9 Å². The summed E-state index contributed by atoms with van der Waals surface area (Å²) in [5, 5.41) is 2.98. The number of hydrogen-bond acceptors (Lipinski definition) is 3. The van der Waals surface area contributed by atoms with Crippen LogP contribution in [0.4, 0.5) is 0 Å². The van der Waals surface area contributed by atoms with Crippen molar-refractivity contribution in [3.63, 3.8) is 0 Å². The maximum absolute atomic E-state index is 12.5. The van der Waals surface area contributed by atoms with E-state index >= 15 is 0 Å². The van der Waals surface area contributed by atoms with E-state index in [0.29, 0.717) is 12.1 Å². The summed E-state index contributed by atoms with van der Waals surface area (Å²) < 4.78 is 5.23. The molecule has 130 valence electrons. The van der Waals surface area contributed by atoms with Crippen LogP contribution in [0.3, 0.4) is 0 Å². The van der Waals surface area contributed by atoms with E-state index in [-0.39, 0.29) is 5.91 Å². The average molecular weight is 336 g/mol. The first-order valence-electron chi connectivity index (χ1n) is 8.39. The van der Waals surface area contributed by atoms with Gasteiger partial charge in [-0.05, 0) is 54.7 Å². The zero-order valence-electron chi connectivity index (χ0n) is 14.6. The van der Waals surface area contributed by atoms with Crippen molar-refractivity contribution in [3.05, 3.63) is 78.6 Å². The monoisotopic (exact) mass is 336 g/mol. The predicted molar refractivity (Wildman–Crippen MR) is 101 cm³/mol. The molecule has 0 spiro atoms. The standard InChI is InChI=1S/C21H24N2O2/c1-3-8-20(18-11-6-12-19(15-18)25-2)21(24)23-14-5-4-9-17-10-7-13-22-16-17/h3,6-8,10-13,15-16H,1,4-5,9,14H2,2H3,(H,23,24). The Kier molecular flexibility index (Phi) is 7.44. The van der Waals surface area contributed by atoms with E-state index in [1.807, 2.05) is 36.5 Å². The second-order valence-corrected chi connectivity index (χ2v) is 5.62. The Morgan fingerprint density at radius 3 is 2.88 bits per heavy atom. The fraction of sp³-hybridized carbons (Fsp3) is 0.238. The van der Waals surface area contributed by atoms with Gasteiger partial charge in [0.05, 0.1) is 7.11 Å². The van der Waals surface area contributed by atoms with Crippen molar-refractivity contribution < 1.29 is 9.53 Å². The van der Waals surface area contributed by atoms with Crippen molar-refractivity contribution in [2.75, 3.05) is 13.7 Å². The molecule has 0 saturated heterocycles. The molecule has 4 heteroatoms. The number of hydrogen-bond donors (Lipinski definition) is 1. The Morgan fingerprint density at radius 2 is 2.16 bits per heavy atom. The predicted octanol–water partition coefficient (Wildman–Crippen LogP) is 3.80. The Bertz CT molecular complexity index is 724. The molecule has 0 aliphatic rings. The van der Waals surface area contributed by atoms with Gasteiger partial charge in [0.1, 0.15) is 5.75 Å². The summed E-state index contributed by atoms with van der Waals surface area (Å²) in [5.41, 5.74) is 2.62. The molecule has 0 aliphatic carbocycles. The molecule has 1 heterocycles. The fourth-order valence-corrected chi connectivity index (χ4v) is 2.51. The molecule has 0 fully saturated rings. The van der Waals surface area contributed by atoms with E-state index < -0.39 is 0 Å². The number of carbonyl (C=O) groups excluding carboxylic acids is 1. The lowest BCUT2D eigenvalue weighted by atomic mass is 10.0. The number of aryl methyl sites for hydroxylation is 1. The number of nitrogens with one attached hydrogen (secondary N) is 1.